The van der Waals surface area contributed by atoms with E-state index in [4.69, 9.17) is 10.6 Å². The van der Waals surface area contributed by atoms with Gasteiger partial charge in [-0.25, -0.2) is 20.8 Å². The van der Waals surface area contributed by atoms with Crippen LogP contribution in [0, 0.1) is 6.92 Å². The largest absolute Gasteiger partial charge is 0.368 e. The molecule has 0 saturated carbocycles. The molecule has 0 amide bonds. The number of nitrogens with one attached hydrogen (secondary N) is 1. The highest BCUT2D eigenvalue weighted by molar-refractivity contribution is 5.73. The van der Waals surface area contributed by atoms with E-state index in [9.17, 15) is 0 Å². The molecule has 1 aromatic rings. The number of rotatable bonds is 5. The third-order valence-electron chi connectivity index (χ3n) is 2.35. The Morgan fingerprint density at radius 3 is 3.12 bits per heavy atom. The molecule has 1 atom stereocenters. The number of nitrogens with two attached hydrogens (primary N) is 1. The molecule has 1 aliphatic rings. The van der Waals surface area contributed by atoms with E-state index in [0.717, 1.165) is 24.4 Å². The lowest BCUT2D eigenvalue weighted by Crippen LogP contribution is -2.32. The Morgan fingerprint density at radius 1 is 1.76 bits per heavy atom. The van der Waals surface area contributed by atoms with Crippen LogP contribution in [0.2, 0.25) is 0 Å². The van der Waals surface area contributed by atoms with E-state index < -0.39 is 0 Å². The van der Waals surface area contributed by atoms with Gasteiger partial charge in [0.1, 0.15) is 12.4 Å². The van der Waals surface area contributed by atoms with Gasteiger partial charge >= 0.3 is 0 Å². The third-order valence-corrected chi connectivity index (χ3v) is 2.35. The Balaban J connectivity index is 2.08. The zero-order valence-electron chi connectivity index (χ0n) is 9.92. The van der Waals surface area contributed by atoms with Crippen molar-refractivity contribution in [1.29, 1.82) is 0 Å². The topological polar surface area (TPSA) is 92.0 Å². The lowest BCUT2D eigenvalue weighted by molar-refractivity contribution is 0.414. The molecule has 7 nitrogen and oxygen atoms in total. The molecule has 0 unspecified atom stereocenters. The molecule has 0 radical (unpaired) electrons. The van der Waals surface area contributed by atoms with E-state index in [0.29, 0.717) is 5.95 Å². The molecule has 2 rings (SSSR count). The first-order valence-corrected chi connectivity index (χ1v) is 5.47. The molecule has 1 aliphatic heterocycles. The zero-order valence-corrected chi connectivity index (χ0v) is 9.92. The molecule has 2 heterocycles. The molecule has 0 aliphatic carbocycles. The average Bonchev–Trinajstić information content (AvgIpc) is 3.13. The standard InChI is InChI=1S/C10H16N6O/c1-3-13-14-6-16(11)10-12-4-8(7(2)15-10)9-5-17-9/h4,6,9,13H,3,5,11H2,1-2H3/b14-6-/t9-/m0/s1. The van der Waals surface area contributed by atoms with Crippen molar-refractivity contribution < 1.29 is 4.74 Å². The molecule has 0 aromatic carbocycles. The van der Waals surface area contributed by atoms with Crippen molar-refractivity contribution in [2.45, 2.75) is 20.0 Å². The molecule has 1 aromatic heterocycles. The Morgan fingerprint density at radius 2 is 2.53 bits per heavy atom. The SMILES string of the molecule is CCN/N=C\N(N)c1ncc([C@@H]2CO2)c(C)n1. The molecule has 3 N–H and O–H groups in total. The summed E-state index contributed by atoms with van der Waals surface area (Å²) in [4.78, 5) is 8.47. The van der Waals surface area contributed by atoms with Gasteiger partial charge in [-0.05, 0) is 13.8 Å². The van der Waals surface area contributed by atoms with E-state index in [2.05, 4.69) is 20.5 Å². The number of aryl methyl sites for hydroxylation is 1. The number of anilines is 1. The fraction of sp³-hybridized carbons (Fsp3) is 0.500. The highest BCUT2D eigenvalue weighted by Crippen LogP contribution is 2.31. The number of aromatic nitrogens is 2. The minimum atomic E-state index is 0.158. The van der Waals surface area contributed by atoms with E-state index in [1.807, 2.05) is 13.8 Å². The van der Waals surface area contributed by atoms with Crippen LogP contribution < -0.4 is 16.3 Å². The highest BCUT2D eigenvalue weighted by atomic mass is 16.6. The maximum atomic E-state index is 5.73. The summed E-state index contributed by atoms with van der Waals surface area (Å²) < 4.78 is 5.19. The Hall–Kier alpha value is -1.73. The zero-order chi connectivity index (χ0) is 12.3. The number of hydrogen-bond acceptors (Lipinski definition) is 6. The average molecular weight is 236 g/mol. The Kier molecular flexibility index (Phi) is 3.50. The second-order valence-corrected chi connectivity index (χ2v) is 3.70. The van der Waals surface area contributed by atoms with Crippen LogP contribution in [0.4, 0.5) is 5.95 Å². The fourth-order valence-electron chi connectivity index (χ4n) is 1.38. The van der Waals surface area contributed by atoms with E-state index in [1.54, 1.807) is 6.20 Å². The van der Waals surface area contributed by atoms with Crippen LogP contribution >= 0.6 is 0 Å². The van der Waals surface area contributed by atoms with Crippen molar-refractivity contribution >= 4 is 12.3 Å². The first kappa shape index (κ1) is 11.7. The van der Waals surface area contributed by atoms with Crippen LogP contribution in [-0.2, 0) is 4.74 Å². The summed E-state index contributed by atoms with van der Waals surface area (Å²) in [5.74, 6) is 6.14. The Labute approximate surface area is 99.7 Å². The van der Waals surface area contributed by atoms with Crippen LogP contribution in [0.5, 0.6) is 0 Å². The molecule has 7 heteroatoms. The van der Waals surface area contributed by atoms with Gasteiger partial charge in [-0.15, -0.1) is 0 Å². The second kappa shape index (κ2) is 5.07. The maximum Gasteiger partial charge on any atom is 0.245 e. The number of epoxide rings is 1. The number of hydrazone groups is 1. The van der Waals surface area contributed by atoms with Gasteiger partial charge in [0.05, 0.1) is 6.61 Å². The fourth-order valence-corrected chi connectivity index (χ4v) is 1.38. The minimum absolute atomic E-state index is 0.158. The molecular formula is C10H16N6O. The van der Waals surface area contributed by atoms with Gasteiger partial charge in [0, 0.05) is 24.0 Å². The van der Waals surface area contributed by atoms with Gasteiger partial charge in [0.15, 0.2) is 0 Å². The molecule has 17 heavy (non-hydrogen) atoms. The van der Waals surface area contributed by atoms with Gasteiger partial charge < -0.3 is 10.2 Å². The lowest BCUT2D eigenvalue weighted by Gasteiger charge is -2.11. The van der Waals surface area contributed by atoms with Gasteiger partial charge in [-0.3, -0.25) is 0 Å². The monoisotopic (exact) mass is 236 g/mol. The molecule has 1 saturated heterocycles. The predicted molar refractivity (Wildman–Crippen MR) is 64.3 cm³/mol. The molecule has 92 valence electrons. The molecular weight excluding hydrogens is 220 g/mol. The van der Waals surface area contributed by atoms with Gasteiger partial charge in [-0.2, -0.15) is 5.10 Å². The van der Waals surface area contributed by atoms with Crippen LogP contribution in [0.3, 0.4) is 0 Å². The summed E-state index contributed by atoms with van der Waals surface area (Å²) in [5.41, 5.74) is 4.67. The molecule has 0 spiro atoms. The van der Waals surface area contributed by atoms with Crippen LogP contribution in [0.15, 0.2) is 11.3 Å². The summed E-state index contributed by atoms with van der Waals surface area (Å²) in [5, 5.41) is 5.16. The third kappa shape index (κ3) is 2.89. The first-order valence-electron chi connectivity index (χ1n) is 5.47. The summed E-state index contributed by atoms with van der Waals surface area (Å²) in [6.45, 7) is 5.35. The van der Waals surface area contributed by atoms with E-state index >= 15 is 0 Å². The maximum absolute atomic E-state index is 5.73. The number of hydrogen-bond donors (Lipinski definition) is 2. The van der Waals surface area contributed by atoms with Crippen LogP contribution in [0.1, 0.15) is 24.3 Å². The minimum Gasteiger partial charge on any atom is -0.368 e. The van der Waals surface area contributed by atoms with Crippen molar-refractivity contribution in [2.24, 2.45) is 10.9 Å². The quantitative estimate of drug-likeness (QED) is 0.247. The highest BCUT2D eigenvalue weighted by Gasteiger charge is 2.27. The van der Waals surface area contributed by atoms with Gasteiger partial charge in [0.2, 0.25) is 5.95 Å². The van der Waals surface area contributed by atoms with Crippen LogP contribution in [-0.4, -0.2) is 29.5 Å². The normalized spacial score (nSPS) is 18.4. The predicted octanol–water partition coefficient (Wildman–Crippen LogP) is 0.0892. The van der Waals surface area contributed by atoms with Crippen molar-refractivity contribution in [2.75, 3.05) is 18.2 Å². The summed E-state index contributed by atoms with van der Waals surface area (Å²) in [6.07, 6.45) is 3.34. The van der Waals surface area contributed by atoms with E-state index in [-0.39, 0.29) is 6.10 Å². The smallest absolute Gasteiger partial charge is 0.245 e. The summed E-state index contributed by atoms with van der Waals surface area (Å²) >= 11 is 0. The number of nitrogens with zero attached hydrogens (tertiary/aromatic N) is 4. The van der Waals surface area contributed by atoms with Crippen molar-refractivity contribution in [1.82, 2.24) is 15.4 Å². The van der Waals surface area contributed by atoms with Crippen molar-refractivity contribution in [3.8, 4) is 0 Å². The van der Waals surface area contributed by atoms with Gasteiger partial charge in [-0.1, -0.05) is 0 Å². The summed E-state index contributed by atoms with van der Waals surface area (Å²) in [6, 6.07) is 0. The number of ether oxygens (including phenoxy) is 1. The van der Waals surface area contributed by atoms with E-state index in [1.165, 1.54) is 11.3 Å². The first-order chi connectivity index (χ1) is 8.22. The van der Waals surface area contributed by atoms with Gasteiger partial charge in [0.25, 0.3) is 0 Å². The van der Waals surface area contributed by atoms with Crippen LogP contribution in [0.25, 0.3) is 0 Å². The van der Waals surface area contributed by atoms with Crippen molar-refractivity contribution in [3.05, 3.63) is 17.5 Å². The lowest BCUT2D eigenvalue weighted by atomic mass is 10.2. The number of hydrazine groups is 1. The molecule has 0 bridgehead atoms. The molecule has 1 fully saturated rings. The summed E-state index contributed by atoms with van der Waals surface area (Å²) in [7, 11) is 0. The second-order valence-electron chi connectivity index (χ2n) is 3.70. The Bertz CT molecular complexity index is 417. The van der Waals surface area contributed by atoms with Crippen molar-refractivity contribution in [3.63, 3.8) is 0 Å².